The molecule has 0 amide bonds. The van der Waals surface area contributed by atoms with Crippen LogP contribution in [-0.2, 0) is 15.8 Å². The summed E-state index contributed by atoms with van der Waals surface area (Å²) in [5.41, 5.74) is -0.557. The zero-order chi connectivity index (χ0) is 21.0. The highest BCUT2D eigenvalue weighted by Crippen LogP contribution is 2.49. The Kier molecular flexibility index (Phi) is 4.18. The molecule has 156 valence electrons. The highest BCUT2D eigenvalue weighted by molar-refractivity contribution is 7.94. The van der Waals surface area contributed by atoms with Crippen molar-refractivity contribution < 1.29 is 21.9 Å². The van der Waals surface area contributed by atoms with Crippen molar-refractivity contribution in [2.75, 3.05) is 12.3 Å². The average molecular weight is 432 g/mol. The highest BCUT2D eigenvalue weighted by Gasteiger charge is 2.51. The minimum atomic E-state index is -3.31. The summed E-state index contributed by atoms with van der Waals surface area (Å²) in [6, 6.07) is 8.68. The van der Waals surface area contributed by atoms with Crippen LogP contribution in [0.3, 0.4) is 0 Å². The minimum Gasteiger partial charge on any atom is -0.438 e. The fourth-order valence-electron chi connectivity index (χ4n) is 3.55. The second kappa shape index (κ2) is 6.56. The van der Waals surface area contributed by atoms with Crippen molar-refractivity contribution >= 4 is 15.7 Å². The molecule has 1 atom stereocenters. The van der Waals surface area contributed by atoms with Crippen LogP contribution in [0.4, 0.5) is 8.78 Å². The van der Waals surface area contributed by atoms with Gasteiger partial charge in [0.15, 0.2) is 9.84 Å². The Labute approximate surface area is 171 Å². The van der Waals surface area contributed by atoms with E-state index >= 15 is 0 Å². The van der Waals surface area contributed by atoms with Gasteiger partial charge in [-0.05, 0) is 31.1 Å². The molecule has 1 unspecified atom stereocenters. The van der Waals surface area contributed by atoms with Gasteiger partial charge in [-0.2, -0.15) is 13.8 Å². The van der Waals surface area contributed by atoms with Crippen molar-refractivity contribution in [1.82, 2.24) is 15.3 Å². The Bertz CT molecular complexity index is 1160. The summed E-state index contributed by atoms with van der Waals surface area (Å²) in [6.07, 6.45) is 3.69. The molecule has 3 aliphatic rings. The van der Waals surface area contributed by atoms with Crippen LogP contribution in [0.15, 0.2) is 53.0 Å². The summed E-state index contributed by atoms with van der Waals surface area (Å²) in [4.78, 5) is 12.3. The third-order valence-corrected chi connectivity index (χ3v) is 6.76. The smallest absolute Gasteiger partial charge is 0.309 e. The molecule has 1 saturated carbocycles. The zero-order valence-corrected chi connectivity index (χ0v) is 16.6. The Morgan fingerprint density at radius 3 is 2.63 bits per heavy atom. The summed E-state index contributed by atoms with van der Waals surface area (Å²) in [5, 5.41) is 4.26. The summed E-state index contributed by atoms with van der Waals surface area (Å²) >= 11 is 0. The van der Waals surface area contributed by atoms with Gasteiger partial charge in [0.25, 0.3) is 0 Å². The fraction of sp³-hybridized carbons (Fsp3) is 0.350. The SMILES string of the molecule is O=S1(=O)C=CC2(CN=C(c3cnc(C(F)(F)C4CC4)nc3Oc3ccccc3)N2)C1. The van der Waals surface area contributed by atoms with Crippen molar-refractivity contribution in [2.45, 2.75) is 24.3 Å². The predicted octanol–water partition coefficient (Wildman–Crippen LogP) is 2.80. The van der Waals surface area contributed by atoms with E-state index in [0.29, 0.717) is 30.0 Å². The van der Waals surface area contributed by atoms with Crippen LogP contribution in [0, 0.1) is 5.92 Å². The molecule has 1 fully saturated rings. The summed E-state index contributed by atoms with van der Waals surface area (Å²) < 4.78 is 58.7. The number of benzene rings is 1. The van der Waals surface area contributed by atoms with E-state index in [-0.39, 0.29) is 18.2 Å². The van der Waals surface area contributed by atoms with Crippen molar-refractivity contribution in [3.63, 3.8) is 0 Å². The van der Waals surface area contributed by atoms with Crippen molar-refractivity contribution in [3.8, 4) is 11.6 Å². The highest BCUT2D eigenvalue weighted by atomic mass is 32.2. The number of nitrogens with one attached hydrogen (secondary N) is 1. The number of aliphatic imine (C=N–C) groups is 1. The maximum absolute atomic E-state index is 14.6. The molecule has 10 heteroatoms. The number of nitrogens with zero attached hydrogens (tertiary/aromatic N) is 3. The largest absolute Gasteiger partial charge is 0.438 e. The molecule has 1 N–H and O–H groups in total. The second-order valence-electron chi connectivity index (χ2n) is 7.78. The number of rotatable bonds is 5. The minimum absolute atomic E-state index is 0.0559. The summed E-state index contributed by atoms with van der Waals surface area (Å²) in [6.45, 7) is 0.197. The number of hydrogen-bond acceptors (Lipinski definition) is 7. The molecule has 5 rings (SSSR count). The molecule has 1 aliphatic carbocycles. The van der Waals surface area contributed by atoms with Gasteiger partial charge >= 0.3 is 5.92 Å². The monoisotopic (exact) mass is 432 g/mol. The lowest BCUT2D eigenvalue weighted by molar-refractivity contribution is -0.0378. The second-order valence-corrected chi connectivity index (χ2v) is 9.67. The number of para-hydroxylation sites is 1. The van der Waals surface area contributed by atoms with Crippen LogP contribution < -0.4 is 10.1 Å². The van der Waals surface area contributed by atoms with Crippen LogP contribution in [0.2, 0.25) is 0 Å². The number of alkyl halides is 2. The Morgan fingerprint density at radius 1 is 1.20 bits per heavy atom. The van der Waals surface area contributed by atoms with E-state index in [0.717, 1.165) is 5.41 Å². The number of hydrogen-bond donors (Lipinski definition) is 1. The van der Waals surface area contributed by atoms with Gasteiger partial charge in [0.1, 0.15) is 11.6 Å². The molecule has 1 aromatic carbocycles. The first-order chi connectivity index (χ1) is 14.3. The molecule has 0 radical (unpaired) electrons. The average Bonchev–Trinajstić information content (AvgIpc) is 3.44. The van der Waals surface area contributed by atoms with E-state index < -0.39 is 33.0 Å². The maximum Gasteiger partial charge on any atom is 0.309 e. The van der Waals surface area contributed by atoms with Gasteiger partial charge in [-0.15, -0.1) is 0 Å². The van der Waals surface area contributed by atoms with Crippen molar-refractivity contribution in [3.05, 3.63) is 59.4 Å². The molecule has 1 spiro atoms. The van der Waals surface area contributed by atoms with E-state index in [2.05, 4.69) is 20.3 Å². The summed E-state index contributed by atoms with van der Waals surface area (Å²) in [5.74, 6) is -3.93. The summed E-state index contributed by atoms with van der Waals surface area (Å²) in [7, 11) is -3.31. The van der Waals surface area contributed by atoms with E-state index in [1.165, 1.54) is 6.20 Å². The normalized spacial score (nSPS) is 24.7. The van der Waals surface area contributed by atoms with Crippen molar-refractivity contribution in [1.29, 1.82) is 0 Å². The number of ether oxygens (including phenoxy) is 1. The van der Waals surface area contributed by atoms with Crippen LogP contribution in [-0.4, -0.2) is 42.1 Å². The molecule has 30 heavy (non-hydrogen) atoms. The number of aromatic nitrogens is 2. The Balaban J connectivity index is 1.50. The van der Waals surface area contributed by atoms with Crippen LogP contribution in [0.25, 0.3) is 0 Å². The molecule has 0 bridgehead atoms. The van der Waals surface area contributed by atoms with E-state index in [1.807, 2.05) is 0 Å². The fourth-order valence-corrected chi connectivity index (χ4v) is 5.09. The first-order valence-electron chi connectivity index (χ1n) is 9.50. The number of amidine groups is 1. The van der Waals surface area contributed by atoms with Crippen molar-refractivity contribution in [2.24, 2.45) is 10.9 Å². The van der Waals surface area contributed by atoms with E-state index in [9.17, 15) is 17.2 Å². The van der Waals surface area contributed by atoms with Gasteiger partial charge in [-0.3, -0.25) is 4.99 Å². The molecule has 3 heterocycles. The first kappa shape index (κ1) is 19.1. The number of sulfone groups is 1. The topological polar surface area (TPSA) is 93.5 Å². The molecular weight excluding hydrogens is 414 g/mol. The standard InChI is InChI=1S/C20H18F2N4O3S/c21-20(22,13-6-7-13)18-23-10-15(17(25-18)29-14-4-2-1-3-5-14)16-24-11-19(26-16)8-9-30(27,28)12-19/h1-5,8-10,13H,6-7,11-12H2,(H,24,26). The van der Waals surface area contributed by atoms with Gasteiger partial charge in [0.05, 0.1) is 23.4 Å². The maximum atomic E-state index is 14.6. The third kappa shape index (κ3) is 3.45. The number of halogens is 2. The lowest BCUT2D eigenvalue weighted by atomic mass is 10.0. The quantitative estimate of drug-likeness (QED) is 0.781. The van der Waals surface area contributed by atoms with Gasteiger partial charge in [0, 0.05) is 17.5 Å². The lowest BCUT2D eigenvalue weighted by Crippen LogP contribution is -2.46. The predicted molar refractivity (Wildman–Crippen MR) is 105 cm³/mol. The van der Waals surface area contributed by atoms with Gasteiger partial charge in [-0.1, -0.05) is 18.2 Å². The zero-order valence-electron chi connectivity index (χ0n) is 15.8. The molecule has 0 saturated heterocycles. The molecular formula is C20H18F2N4O3S. The molecule has 2 aromatic rings. The van der Waals surface area contributed by atoms with Gasteiger partial charge in [-0.25, -0.2) is 13.4 Å². The van der Waals surface area contributed by atoms with Crippen LogP contribution in [0.5, 0.6) is 11.6 Å². The van der Waals surface area contributed by atoms with Gasteiger partial charge in [0.2, 0.25) is 11.7 Å². The first-order valence-corrected chi connectivity index (χ1v) is 11.2. The van der Waals surface area contributed by atoms with Crippen LogP contribution in [0.1, 0.15) is 24.2 Å². The molecule has 1 aromatic heterocycles. The van der Waals surface area contributed by atoms with E-state index in [1.54, 1.807) is 36.4 Å². The van der Waals surface area contributed by atoms with Crippen LogP contribution >= 0.6 is 0 Å². The lowest BCUT2D eigenvalue weighted by Gasteiger charge is -2.21. The molecule has 2 aliphatic heterocycles. The Hall–Kier alpha value is -2.88. The van der Waals surface area contributed by atoms with E-state index in [4.69, 9.17) is 4.74 Å². The third-order valence-electron chi connectivity index (χ3n) is 5.29. The molecule has 7 nitrogen and oxygen atoms in total. The Morgan fingerprint density at radius 2 is 1.97 bits per heavy atom. The van der Waals surface area contributed by atoms with Gasteiger partial charge < -0.3 is 10.1 Å².